The third kappa shape index (κ3) is 3.89. The Kier molecular flexibility index (Phi) is 5.89. The number of hydrogen-bond acceptors (Lipinski definition) is 3. The number of para-hydroxylation sites is 1. The van der Waals surface area contributed by atoms with E-state index in [2.05, 4.69) is 25.2 Å². The first-order valence-corrected chi connectivity index (χ1v) is 10.1. The third-order valence-electron chi connectivity index (χ3n) is 4.26. The van der Waals surface area contributed by atoms with Gasteiger partial charge in [-0.05, 0) is 35.2 Å². The number of carbonyl (C=O) groups is 2. The van der Waals surface area contributed by atoms with E-state index in [0.717, 1.165) is 16.8 Å². The van der Waals surface area contributed by atoms with Gasteiger partial charge in [-0.1, -0.05) is 44.2 Å². The molecule has 2 amide bonds. The molecule has 1 saturated heterocycles. The van der Waals surface area contributed by atoms with Crippen LogP contribution in [0.2, 0.25) is 0 Å². The zero-order valence-electron chi connectivity index (χ0n) is 14.7. The lowest BCUT2D eigenvalue weighted by atomic mass is 10.00. The molecule has 1 fully saturated rings. The number of thioether (sulfide) groups is 1. The summed E-state index contributed by atoms with van der Waals surface area (Å²) in [7, 11) is 0. The van der Waals surface area contributed by atoms with Crippen LogP contribution < -0.4 is 10.2 Å². The second kappa shape index (κ2) is 8.14. The zero-order valence-corrected chi connectivity index (χ0v) is 16.3. The second-order valence-corrected chi connectivity index (χ2v) is 7.78. The van der Waals surface area contributed by atoms with Crippen LogP contribution in [0.25, 0.3) is 0 Å². The first-order chi connectivity index (χ1) is 12.5. The molecular formula is C20H21ClN2O2S. The fraction of sp³-hybridized carbons (Fsp3) is 0.300. The summed E-state index contributed by atoms with van der Waals surface area (Å²) in [5, 5.41) is 2.65. The first-order valence-electron chi connectivity index (χ1n) is 8.49. The van der Waals surface area contributed by atoms with Crippen molar-refractivity contribution < 1.29 is 9.59 Å². The summed E-state index contributed by atoms with van der Waals surface area (Å²) in [5.74, 6) is 0.522. The maximum atomic E-state index is 12.7. The Labute approximate surface area is 162 Å². The summed E-state index contributed by atoms with van der Waals surface area (Å²) < 4.78 is 0. The number of hydrogen-bond donors (Lipinski definition) is 1. The first kappa shape index (κ1) is 18.8. The molecular weight excluding hydrogens is 368 g/mol. The molecule has 1 atom stereocenters. The summed E-state index contributed by atoms with van der Waals surface area (Å²) in [5.41, 5.74) is 3.77. The number of carbonyl (C=O) groups excluding carboxylic acids is 2. The maximum absolute atomic E-state index is 12.7. The van der Waals surface area contributed by atoms with Crippen molar-refractivity contribution in [3.63, 3.8) is 0 Å². The molecule has 1 aliphatic rings. The number of alkyl halides is 1. The molecule has 6 heteroatoms. The molecule has 0 aromatic heterocycles. The van der Waals surface area contributed by atoms with Gasteiger partial charge in [0.25, 0.3) is 0 Å². The molecule has 3 rings (SSSR count). The van der Waals surface area contributed by atoms with Crippen LogP contribution in [0.5, 0.6) is 0 Å². The van der Waals surface area contributed by atoms with Crippen molar-refractivity contribution >= 4 is 46.6 Å². The van der Waals surface area contributed by atoms with Gasteiger partial charge in [0.15, 0.2) is 0 Å². The van der Waals surface area contributed by atoms with Crippen molar-refractivity contribution in [1.29, 1.82) is 0 Å². The Balaban J connectivity index is 1.97. The van der Waals surface area contributed by atoms with Gasteiger partial charge in [0.05, 0.1) is 5.75 Å². The van der Waals surface area contributed by atoms with Gasteiger partial charge in [-0.25, -0.2) is 0 Å². The average Bonchev–Trinajstić information content (AvgIpc) is 3.03. The van der Waals surface area contributed by atoms with Crippen LogP contribution in [0.1, 0.15) is 36.3 Å². The highest BCUT2D eigenvalue weighted by atomic mass is 35.5. The van der Waals surface area contributed by atoms with E-state index in [0.29, 0.717) is 17.4 Å². The molecule has 1 aliphatic heterocycles. The Hall–Kier alpha value is -1.98. The minimum Gasteiger partial charge on any atom is -0.325 e. The molecule has 26 heavy (non-hydrogen) atoms. The van der Waals surface area contributed by atoms with Gasteiger partial charge in [-0.15, -0.1) is 23.4 Å². The molecule has 2 aromatic carbocycles. The number of amides is 2. The SMILES string of the molecule is CC(C)c1ccccc1N1C(=O)CSC1c1cccc(NC(=O)CCl)c1. The van der Waals surface area contributed by atoms with E-state index in [9.17, 15) is 9.59 Å². The van der Waals surface area contributed by atoms with Crippen molar-refractivity contribution in [1.82, 2.24) is 0 Å². The van der Waals surface area contributed by atoms with Crippen molar-refractivity contribution in [3.8, 4) is 0 Å². The van der Waals surface area contributed by atoms with E-state index in [1.54, 1.807) is 11.8 Å². The Morgan fingerprint density at radius 3 is 2.77 bits per heavy atom. The third-order valence-corrected chi connectivity index (χ3v) is 5.72. The van der Waals surface area contributed by atoms with Gasteiger partial charge < -0.3 is 5.32 Å². The monoisotopic (exact) mass is 388 g/mol. The minimum atomic E-state index is -0.249. The fourth-order valence-corrected chi connectivity index (χ4v) is 4.32. The molecule has 1 heterocycles. The standard InChI is InChI=1S/C20H21ClN2O2S/c1-13(2)16-8-3-4-9-17(16)23-19(25)12-26-20(23)14-6-5-7-15(10-14)22-18(24)11-21/h3-10,13,20H,11-12H2,1-2H3,(H,22,24). The maximum Gasteiger partial charge on any atom is 0.239 e. The smallest absolute Gasteiger partial charge is 0.239 e. The minimum absolute atomic E-state index is 0.0885. The van der Waals surface area contributed by atoms with Crippen LogP contribution in [-0.4, -0.2) is 23.4 Å². The number of halogens is 1. The van der Waals surface area contributed by atoms with Crippen LogP contribution in [0.3, 0.4) is 0 Å². The molecule has 1 unspecified atom stereocenters. The molecule has 0 spiro atoms. The van der Waals surface area contributed by atoms with Gasteiger partial charge in [-0.2, -0.15) is 0 Å². The zero-order chi connectivity index (χ0) is 18.7. The second-order valence-electron chi connectivity index (χ2n) is 6.45. The van der Waals surface area contributed by atoms with E-state index < -0.39 is 0 Å². The summed E-state index contributed by atoms with van der Waals surface area (Å²) in [6.45, 7) is 4.26. The van der Waals surface area contributed by atoms with Gasteiger partial charge in [0, 0.05) is 11.4 Å². The van der Waals surface area contributed by atoms with E-state index in [1.165, 1.54) is 0 Å². The summed E-state index contributed by atoms with van der Waals surface area (Å²) in [6, 6.07) is 15.6. The van der Waals surface area contributed by atoms with E-state index >= 15 is 0 Å². The molecule has 136 valence electrons. The van der Waals surface area contributed by atoms with Crippen LogP contribution in [0, 0.1) is 0 Å². The Morgan fingerprint density at radius 1 is 1.27 bits per heavy atom. The van der Waals surface area contributed by atoms with E-state index in [-0.39, 0.29) is 23.1 Å². The van der Waals surface area contributed by atoms with Crippen molar-refractivity contribution in [2.24, 2.45) is 0 Å². The highest BCUT2D eigenvalue weighted by molar-refractivity contribution is 8.00. The predicted octanol–water partition coefficient (Wildman–Crippen LogP) is 4.77. The molecule has 1 N–H and O–H groups in total. The molecule has 0 saturated carbocycles. The fourth-order valence-electron chi connectivity index (χ4n) is 3.09. The van der Waals surface area contributed by atoms with Gasteiger partial charge >= 0.3 is 0 Å². The van der Waals surface area contributed by atoms with Gasteiger partial charge in [-0.3, -0.25) is 14.5 Å². The molecule has 2 aromatic rings. The largest absolute Gasteiger partial charge is 0.325 e. The summed E-state index contributed by atoms with van der Waals surface area (Å²) in [6.07, 6.45) is 0. The lowest BCUT2D eigenvalue weighted by Gasteiger charge is -2.28. The quantitative estimate of drug-likeness (QED) is 0.751. The summed E-state index contributed by atoms with van der Waals surface area (Å²) in [4.78, 5) is 26.1. The highest BCUT2D eigenvalue weighted by Gasteiger charge is 2.35. The van der Waals surface area contributed by atoms with Crippen molar-refractivity contribution in [2.45, 2.75) is 25.1 Å². The van der Waals surface area contributed by atoms with Crippen LogP contribution in [-0.2, 0) is 9.59 Å². The van der Waals surface area contributed by atoms with Gasteiger partial charge in [0.2, 0.25) is 11.8 Å². The molecule has 0 bridgehead atoms. The highest BCUT2D eigenvalue weighted by Crippen LogP contribution is 2.44. The Bertz CT molecular complexity index is 825. The lowest BCUT2D eigenvalue weighted by Crippen LogP contribution is -2.29. The van der Waals surface area contributed by atoms with E-state index in [4.69, 9.17) is 11.6 Å². The summed E-state index contributed by atoms with van der Waals surface area (Å²) >= 11 is 7.17. The molecule has 4 nitrogen and oxygen atoms in total. The number of nitrogens with one attached hydrogen (secondary N) is 1. The predicted molar refractivity (Wildman–Crippen MR) is 109 cm³/mol. The topological polar surface area (TPSA) is 49.4 Å². The normalized spacial score (nSPS) is 17.0. The average molecular weight is 389 g/mol. The van der Waals surface area contributed by atoms with Crippen LogP contribution in [0.15, 0.2) is 48.5 Å². The lowest BCUT2D eigenvalue weighted by molar-refractivity contribution is -0.116. The van der Waals surface area contributed by atoms with Crippen molar-refractivity contribution in [2.75, 3.05) is 21.8 Å². The number of anilines is 2. The number of rotatable bonds is 5. The van der Waals surface area contributed by atoms with Crippen LogP contribution in [0.4, 0.5) is 11.4 Å². The Morgan fingerprint density at radius 2 is 2.04 bits per heavy atom. The molecule has 0 radical (unpaired) electrons. The van der Waals surface area contributed by atoms with Crippen LogP contribution >= 0.6 is 23.4 Å². The van der Waals surface area contributed by atoms with E-state index in [1.807, 2.05) is 47.4 Å². The number of benzene rings is 2. The van der Waals surface area contributed by atoms with Crippen molar-refractivity contribution in [3.05, 3.63) is 59.7 Å². The van der Waals surface area contributed by atoms with Gasteiger partial charge in [0.1, 0.15) is 11.3 Å². The molecule has 0 aliphatic carbocycles. The number of nitrogens with zero attached hydrogens (tertiary/aromatic N) is 1.